The highest BCUT2D eigenvalue weighted by Crippen LogP contribution is 2.33. The van der Waals surface area contributed by atoms with Crippen molar-refractivity contribution in [3.8, 4) is 5.75 Å². The van der Waals surface area contributed by atoms with E-state index in [0.29, 0.717) is 17.1 Å². The molecule has 0 aliphatic carbocycles. The Labute approximate surface area is 198 Å². The maximum absolute atomic E-state index is 13.4. The molecule has 0 bridgehead atoms. The van der Waals surface area contributed by atoms with Crippen molar-refractivity contribution in [1.29, 1.82) is 0 Å². The molecule has 1 aliphatic rings. The summed E-state index contributed by atoms with van der Waals surface area (Å²) < 4.78 is 33.4. The second kappa shape index (κ2) is 9.84. The largest absolute Gasteiger partial charge is 0.495 e. The second-order valence-electron chi connectivity index (χ2n) is 7.86. The Hall–Kier alpha value is -3.04. The fourth-order valence-electron chi connectivity index (χ4n) is 3.93. The van der Waals surface area contributed by atoms with Gasteiger partial charge in [0.05, 0.1) is 12.8 Å². The molecule has 174 valence electrons. The van der Waals surface area contributed by atoms with Crippen molar-refractivity contribution in [3.63, 3.8) is 0 Å². The third-order valence-electron chi connectivity index (χ3n) is 5.64. The minimum Gasteiger partial charge on any atom is -0.495 e. The van der Waals surface area contributed by atoms with Gasteiger partial charge in [0.1, 0.15) is 16.5 Å². The van der Waals surface area contributed by atoms with Crippen LogP contribution in [0, 0.1) is 6.92 Å². The number of nitrogens with zero attached hydrogens (tertiary/aromatic N) is 2. The number of para-hydroxylation sites is 2. The van der Waals surface area contributed by atoms with E-state index in [0.717, 1.165) is 40.0 Å². The van der Waals surface area contributed by atoms with Crippen molar-refractivity contribution in [2.75, 3.05) is 41.3 Å². The third-order valence-corrected chi connectivity index (χ3v) is 8.77. The monoisotopic (exact) mass is 485 g/mol. The Morgan fingerprint density at radius 3 is 2.55 bits per heavy atom. The molecule has 1 aromatic heterocycles. The van der Waals surface area contributed by atoms with Crippen LogP contribution in [-0.2, 0) is 14.8 Å². The molecule has 1 fully saturated rings. The van der Waals surface area contributed by atoms with Gasteiger partial charge in [-0.2, -0.15) is 0 Å². The lowest BCUT2D eigenvalue weighted by atomic mass is 10.1. The van der Waals surface area contributed by atoms with Gasteiger partial charge in [0.15, 0.2) is 0 Å². The molecule has 1 aliphatic heterocycles. The highest BCUT2D eigenvalue weighted by Gasteiger charge is 2.30. The number of amides is 1. The number of ether oxygens (including phenoxy) is 1. The number of nitrogens with one attached hydrogen (secondary N) is 1. The highest BCUT2D eigenvalue weighted by molar-refractivity contribution is 7.94. The number of hydrogen-bond acceptors (Lipinski definition) is 6. The van der Waals surface area contributed by atoms with Crippen LogP contribution in [0.2, 0.25) is 0 Å². The van der Waals surface area contributed by atoms with Gasteiger partial charge in [0.25, 0.3) is 10.0 Å². The number of sulfonamides is 1. The molecule has 3 aromatic rings. The zero-order valence-electron chi connectivity index (χ0n) is 18.7. The van der Waals surface area contributed by atoms with E-state index in [4.69, 9.17) is 4.74 Å². The van der Waals surface area contributed by atoms with Crippen molar-refractivity contribution < 1.29 is 17.9 Å². The van der Waals surface area contributed by atoms with Crippen LogP contribution in [0.15, 0.2) is 64.2 Å². The Morgan fingerprint density at radius 1 is 1.12 bits per heavy atom. The highest BCUT2D eigenvalue weighted by atomic mass is 32.2. The SMILES string of the molecule is COc1ccccc1N(CC(=O)Nc1ccc(N2CCCC2)cc1C)S(=O)(=O)c1cccs1. The molecule has 1 saturated heterocycles. The van der Waals surface area contributed by atoms with Crippen LogP contribution in [-0.4, -0.2) is 41.1 Å². The van der Waals surface area contributed by atoms with Gasteiger partial charge >= 0.3 is 0 Å². The minimum atomic E-state index is -3.95. The second-order valence-corrected chi connectivity index (χ2v) is 10.9. The van der Waals surface area contributed by atoms with Crippen molar-refractivity contribution in [2.24, 2.45) is 0 Å². The quantitative estimate of drug-likeness (QED) is 0.508. The standard InChI is InChI=1S/C24H27N3O4S2/c1-18-16-19(26-13-5-6-14-26)11-12-20(18)25-23(28)17-27(21-8-3-4-9-22(21)31-2)33(29,30)24-10-7-15-32-24/h3-4,7-12,15-16H,5-6,13-14,17H2,1-2H3,(H,25,28). The summed E-state index contributed by atoms with van der Waals surface area (Å²) in [5.41, 5.74) is 3.04. The number of rotatable bonds is 8. The fourth-order valence-corrected chi connectivity index (χ4v) is 6.47. The van der Waals surface area contributed by atoms with Crippen molar-refractivity contribution >= 4 is 44.3 Å². The number of carbonyl (C=O) groups is 1. The molecular formula is C24H27N3O4S2. The van der Waals surface area contributed by atoms with E-state index in [9.17, 15) is 13.2 Å². The average Bonchev–Trinajstić information content (AvgIpc) is 3.53. The van der Waals surface area contributed by atoms with Crippen molar-refractivity contribution in [2.45, 2.75) is 24.0 Å². The summed E-state index contributed by atoms with van der Waals surface area (Å²) in [6.45, 7) is 3.64. The summed E-state index contributed by atoms with van der Waals surface area (Å²) in [7, 11) is -2.48. The van der Waals surface area contributed by atoms with Crippen molar-refractivity contribution in [3.05, 3.63) is 65.5 Å². The first-order chi connectivity index (χ1) is 15.9. The predicted molar refractivity (Wildman–Crippen MR) is 133 cm³/mol. The maximum Gasteiger partial charge on any atom is 0.274 e. The zero-order valence-corrected chi connectivity index (χ0v) is 20.3. The van der Waals surface area contributed by atoms with E-state index >= 15 is 0 Å². The molecule has 7 nitrogen and oxygen atoms in total. The number of carbonyl (C=O) groups excluding carboxylic acids is 1. The molecule has 1 N–H and O–H groups in total. The minimum absolute atomic E-state index is 0.160. The van der Waals surface area contributed by atoms with Gasteiger partial charge in [-0.3, -0.25) is 9.10 Å². The van der Waals surface area contributed by atoms with Crippen molar-refractivity contribution in [1.82, 2.24) is 0 Å². The molecular weight excluding hydrogens is 458 g/mol. The van der Waals surface area contributed by atoms with Crippen LogP contribution in [0.4, 0.5) is 17.1 Å². The summed E-state index contributed by atoms with van der Waals surface area (Å²) in [6, 6.07) is 15.9. The van der Waals surface area contributed by atoms with E-state index in [2.05, 4.69) is 16.3 Å². The number of benzene rings is 2. The fraction of sp³-hybridized carbons (Fsp3) is 0.292. The van der Waals surface area contributed by atoms with Gasteiger partial charge < -0.3 is 15.0 Å². The molecule has 1 amide bonds. The molecule has 2 aromatic carbocycles. The van der Waals surface area contributed by atoms with Crippen LogP contribution < -0.4 is 19.3 Å². The Balaban J connectivity index is 1.59. The Morgan fingerprint density at radius 2 is 1.88 bits per heavy atom. The molecule has 9 heteroatoms. The van der Waals surface area contributed by atoms with Gasteiger partial charge in [0, 0.05) is 24.5 Å². The first-order valence-corrected chi connectivity index (χ1v) is 13.1. The molecule has 0 radical (unpaired) electrons. The van der Waals surface area contributed by atoms with Crippen LogP contribution in [0.25, 0.3) is 0 Å². The average molecular weight is 486 g/mol. The molecule has 0 saturated carbocycles. The molecule has 2 heterocycles. The van der Waals surface area contributed by atoms with Gasteiger partial charge in [-0.25, -0.2) is 8.42 Å². The smallest absolute Gasteiger partial charge is 0.274 e. The van der Waals surface area contributed by atoms with Gasteiger partial charge in [-0.05, 0) is 67.1 Å². The Kier molecular flexibility index (Phi) is 6.90. The lowest BCUT2D eigenvalue weighted by Crippen LogP contribution is -2.38. The predicted octanol–water partition coefficient (Wildman–Crippen LogP) is 4.50. The Bertz CT molecular complexity index is 1220. The number of anilines is 3. The molecule has 0 unspecified atom stereocenters. The lowest BCUT2D eigenvalue weighted by Gasteiger charge is -2.25. The molecule has 4 rings (SSSR count). The summed E-state index contributed by atoms with van der Waals surface area (Å²) in [6.07, 6.45) is 2.38. The molecule has 33 heavy (non-hydrogen) atoms. The molecule has 0 spiro atoms. The van der Waals surface area contributed by atoms with E-state index in [1.807, 2.05) is 19.1 Å². The number of methoxy groups -OCH3 is 1. The van der Waals surface area contributed by atoms with Crippen LogP contribution in [0.5, 0.6) is 5.75 Å². The van der Waals surface area contributed by atoms with E-state index in [-0.39, 0.29) is 10.8 Å². The lowest BCUT2D eigenvalue weighted by molar-refractivity contribution is -0.114. The summed E-state index contributed by atoms with van der Waals surface area (Å²) in [5, 5.41) is 4.58. The van der Waals surface area contributed by atoms with E-state index < -0.39 is 15.9 Å². The summed E-state index contributed by atoms with van der Waals surface area (Å²) in [5.74, 6) is -0.0605. The number of aryl methyl sites for hydroxylation is 1. The first-order valence-electron chi connectivity index (χ1n) is 10.7. The van der Waals surface area contributed by atoms with Gasteiger partial charge in [-0.15, -0.1) is 11.3 Å². The van der Waals surface area contributed by atoms with E-state index in [1.54, 1.807) is 35.7 Å². The third kappa shape index (κ3) is 4.99. The zero-order chi connectivity index (χ0) is 23.4. The van der Waals surface area contributed by atoms with Gasteiger partial charge in [-0.1, -0.05) is 18.2 Å². The number of thiophene rings is 1. The maximum atomic E-state index is 13.4. The topological polar surface area (TPSA) is 79.0 Å². The van der Waals surface area contributed by atoms with Crippen LogP contribution >= 0.6 is 11.3 Å². The summed E-state index contributed by atoms with van der Waals surface area (Å²) >= 11 is 1.11. The normalized spacial score (nSPS) is 13.7. The van der Waals surface area contributed by atoms with Crippen LogP contribution in [0.1, 0.15) is 18.4 Å². The summed E-state index contributed by atoms with van der Waals surface area (Å²) in [4.78, 5) is 15.4. The molecule has 0 atom stereocenters. The number of hydrogen-bond donors (Lipinski definition) is 1. The van der Waals surface area contributed by atoms with Gasteiger partial charge in [0.2, 0.25) is 5.91 Å². The van der Waals surface area contributed by atoms with Crippen LogP contribution in [0.3, 0.4) is 0 Å². The first kappa shape index (κ1) is 23.1. The van der Waals surface area contributed by atoms with E-state index in [1.165, 1.54) is 26.0 Å².